The number of aryl methyl sites for hydroxylation is 1. The summed E-state index contributed by atoms with van der Waals surface area (Å²) in [6.07, 6.45) is 1.37. The molecule has 154 valence electrons. The summed E-state index contributed by atoms with van der Waals surface area (Å²) in [6.45, 7) is 1.33. The molecule has 0 bridgehead atoms. The number of carboxylic acids is 1. The number of carboxylic acid groups (broad SMARTS) is 1. The molecule has 10 heteroatoms. The van der Waals surface area contributed by atoms with E-state index in [1.54, 1.807) is 36.4 Å². The van der Waals surface area contributed by atoms with Crippen LogP contribution in [-0.2, 0) is 14.4 Å². The third-order valence-corrected chi connectivity index (χ3v) is 5.85. The Morgan fingerprint density at radius 1 is 1.23 bits per heavy atom. The summed E-state index contributed by atoms with van der Waals surface area (Å²) in [4.78, 5) is 49.1. The van der Waals surface area contributed by atoms with Crippen LogP contribution in [0.2, 0.25) is 0 Å². The van der Waals surface area contributed by atoms with Gasteiger partial charge in [0.15, 0.2) is 6.61 Å². The molecule has 0 aromatic heterocycles. The van der Waals surface area contributed by atoms with Gasteiger partial charge in [0, 0.05) is 4.47 Å². The molecular weight excluding hydrogens is 571 g/mol. The van der Waals surface area contributed by atoms with Gasteiger partial charge in [0.25, 0.3) is 11.8 Å². The Bertz CT molecular complexity index is 1110. The van der Waals surface area contributed by atoms with Gasteiger partial charge in [-0.2, -0.15) is 0 Å². The van der Waals surface area contributed by atoms with Gasteiger partial charge < -0.3 is 9.84 Å². The minimum absolute atomic E-state index is 0.204. The van der Waals surface area contributed by atoms with E-state index >= 15 is 0 Å². The molecule has 2 aromatic rings. The largest absolute Gasteiger partial charge is 0.481 e. The Morgan fingerprint density at radius 3 is 2.60 bits per heavy atom. The van der Waals surface area contributed by atoms with E-state index in [4.69, 9.17) is 9.84 Å². The number of hydrogen-bond acceptors (Lipinski definition) is 5. The van der Waals surface area contributed by atoms with Crippen LogP contribution in [0.3, 0.4) is 0 Å². The lowest BCUT2D eigenvalue weighted by Crippen LogP contribution is -2.54. The normalized spacial score (nSPS) is 15.4. The first-order valence-corrected chi connectivity index (χ1v) is 10.4. The van der Waals surface area contributed by atoms with Crippen molar-refractivity contribution in [1.29, 1.82) is 0 Å². The van der Waals surface area contributed by atoms with Crippen molar-refractivity contribution in [3.8, 4) is 5.75 Å². The number of benzene rings is 2. The van der Waals surface area contributed by atoms with Crippen molar-refractivity contribution in [3.63, 3.8) is 0 Å². The Labute approximate surface area is 193 Å². The van der Waals surface area contributed by atoms with Crippen molar-refractivity contribution < 1.29 is 29.0 Å². The number of aliphatic carboxylic acids is 1. The maximum absolute atomic E-state index is 12.9. The molecule has 0 aliphatic carbocycles. The number of carbonyl (C=O) groups excluding carboxylic acids is 3. The number of amides is 4. The van der Waals surface area contributed by atoms with Crippen LogP contribution in [0.25, 0.3) is 6.08 Å². The zero-order valence-corrected chi connectivity index (χ0v) is 19.2. The number of anilines is 1. The lowest BCUT2D eigenvalue weighted by Gasteiger charge is -2.26. The van der Waals surface area contributed by atoms with Crippen LogP contribution >= 0.6 is 38.5 Å². The van der Waals surface area contributed by atoms with Crippen molar-refractivity contribution in [2.75, 3.05) is 11.5 Å². The van der Waals surface area contributed by atoms with Crippen LogP contribution in [0, 0.1) is 10.5 Å². The number of hydrogen-bond donors (Lipinski definition) is 2. The minimum Gasteiger partial charge on any atom is -0.481 e. The second kappa shape index (κ2) is 8.96. The first-order valence-electron chi connectivity index (χ1n) is 8.49. The molecule has 0 atom stereocenters. The number of nitrogens with zero attached hydrogens (tertiary/aromatic N) is 1. The number of halogens is 2. The average molecular weight is 585 g/mol. The average Bonchev–Trinajstić information content (AvgIpc) is 2.67. The number of barbiturate groups is 1. The number of rotatable bonds is 5. The molecule has 0 unspecified atom stereocenters. The summed E-state index contributed by atoms with van der Waals surface area (Å²) in [7, 11) is 0. The number of carbonyl (C=O) groups is 4. The molecule has 0 saturated carbocycles. The van der Waals surface area contributed by atoms with E-state index in [0.717, 1.165) is 14.9 Å². The molecule has 0 spiro atoms. The molecule has 1 heterocycles. The highest BCUT2D eigenvalue weighted by molar-refractivity contribution is 14.1. The fraction of sp³-hybridized carbons (Fsp3) is 0.100. The topological polar surface area (TPSA) is 113 Å². The Balaban J connectivity index is 1.93. The van der Waals surface area contributed by atoms with Crippen molar-refractivity contribution >= 4 is 74.1 Å². The van der Waals surface area contributed by atoms with E-state index in [9.17, 15) is 19.2 Å². The van der Waals surface area contributed by atoms with Gasteiger partial charge in [-0.1, -0.05) is 22.0 Å². The Hall–Kier alpha value is -2.73. The van der Waals surface area contributed by atoms with Gasteiger partial charge in [-0.3, -0.25) is 14.9 Å². The zero-order chi connectivity index (χ0) is 22.0. The van der Waals surface area contributed by atoms with Crippen LogP contribution < -0.4 is 15.0 Å². The van der Waals surface area contributed by atoms with E-state index in [1.807, 2.05) is 29.5 Å². The summed E-state index contributed by atoms with van der Waals surface area (Å²) in [5.74, 6) is -2.28. The molecule has 1 fully saturated rings. The zero-order valence-electron chi connectivity index (χ0n) is 15.4. The highest BCUT2D eigenvalue weighted by Crippen LogP contribution is 2.27. The third-order valence-electron chi connectivity index (χ3n) is 4.12. The van der Waals surface area contributed by atoms with Gasteiger partial charge >= 0.3 is 12.0 Å². The summed E-state index contributed by atoms with van der Waals surface area (Å²) in [6, 6.07) is 8.90. The van der Waals surface area contributed by atoms with Gasteiger partial charge in [-0.05, 0) is 77.0 Å². The second-order valence-corrected chi connectivity index (χ2v) is 8.28. The molecule has 1 aliphatic rings. The Kier molecular flexibility index (Phi) is 6.56. The summed E-state index contributed by atoms with van der Waals surface area (Å²) < 4.78 is 6.59. The third kappa shape index (κ3) is 4.70. The molecular formula is C20H14BrIN2O6. The number of urea groups is 1. The molecule has 2 N–H and O–H groups in total. The van der Waals surface area contributed by atoms with Crippen LogP contribution in [0.15, 0.2) is 46.4 Å². The van der Waals surface area contributed by atoms with E-state index in [0.29, 0.717) is 20.6 Å². The number of imide groups is 2. The summed E-state index contributed by atoms with van der Waals surface area (Å²) >= 11 is 5.33. The maximum Gasteiger partial charge on any atom is 0.341 e. The van der Waals surface area contributed by atoms with Gasteiger partial charge in [0.1, 0.15) is 11.3 Å². The predicted molar refractivity (Wildman–Crippen MR) is 120 cm³/mol. The van der Waals surface area contributed by atoms with Crippen LogP contribution in [0.1, 0.15) is 11.1 Å². The molecule has 2 aromatic carbocycles. The first-order chi connectivity index (χ1) is 14.2. The molecule has 0 radical (unpaired) electrons. The molecule has 30 heavy (non-hydrogen) atoms. The van der Waals surface area contributed by atoms with Crippen LogP contribution in [-0.4, -0.2) is 35.5 Å². The van der Waals surface area contributed by atoms with E-state index in [-0.39, 0.29) is 5.57 Å². The minimum atomic E-state index is -1.10. The van der Waals surface area contributed by atoms with Gasteiger partial charge in [0.2, 0.25) is 0 Å². The quantitative estimate of drug-likeness (QED) is 0.316. The molecule has 1 saturated heterocycles. The smallest absolute Gasteiger partial charge is 0.341 e. The summed E-state index contributed by atoms with van der Waals surface area (Å²) in [5.41, 5.74) is 1.47. The van der Waals surface area contributed by atoms with Crippen LogP contribution in [0.5, 0.6) is 5.75 Å². The second-order valence-electron chi connectivity index (χ2n) is 6.26. The predicted octanol–water partition coefficient (Wildman–Crippen LogP) is 3.49. The SMILES string of the molecule is Cc1cc(N2C(=O)NC(=O)/C(=C\c3ccc(OCC(=O)O)c(I)c3)C2=O)ccc1Br. The fourth-order valence-corrected chi connectivity index (χ4v) is 3.63. The summed E-state index contributed by atoms with van der Waals surface area (Å²) in [5, 5.41) is 10.9. The van der Waals surface area contributed by atoms with E-state index < -0.39 is 30.4 Å². The van der Waals surface area contributed by atoms with Gasteiger partial charge in [0.05, 0.1) is 9.26 Å². The molecule has 1 aliphatic heterocycles. The van der Waals surface area contributed by atoms with Crippen molar-refractivity contribution in [2.24, 2.45) is 0 Å². The Morgan fingerprint density at radius 2 is 1.97 bits per heavy atom. The monoisotopic (exact) mass is 584 g/mol. The van der Waals surface area contributed by atoms with E-state index in [1.165, 1.54) is 6.08 Å². The van der Waals surface area contributed by atoms with Crippen molar-refractivity contribution in [2.45, 2.75) is 6.92 Å². The number of nitrogens with one attached hydrogen (secondary N) is 1. The van der Waals surface area contributed by atoms with Crippen LogP contribution in [0.4, 0.5) is 10.5 Å². The highest BCUT2D eigenvalue weighted by atomic mass is 127. The maximum atomic E-state index is 12.9. The number of ether oxygens (including phenoxy) is 1. The van der Waals surface area contributed by atoms with E-state index in [2.05, 4.69) is 21.2 Å². The lowest BCUT2D eigenvalue weighted by molar-refractivity contribution is -0.139. The molecule has 8 nitrogen and oxygen atoms in total. The van der Waals surface area contributed by atoms with Crippen molar-refractivity contribution in [1.82, 2.24) is 5.32 Å². The molecule has 4 amide bonds. The van der Waals surface area contributed by atoms with Crippen molar-refractivity contribution in [3.05, 3.63) is 61.1 Å². The standard InChI is InChI=1S/C20H14BrIN2O6/c1-10-6-12(3-4-14(10)21)24-19(28)13(18(27)23-20(24)29)7-11-2-5-16(15(22)8-11)30-9-17(25)26/h2-8H,9H2,1H3,(H,25,26)(H,23,27,29)/b13-7+. The lowest BCUT2D eigenvalue weighted by atomic mass is 10.1. The van der Waals surface area contributed by atoms with Gasteiger partial charge in [-0.15, -0.1) is 0 Å². The highest BCUT2D eigenvalue weighted by Gasteiger charge is 2.36. The first kappa shape index (κ1) is 22.0. The molecule has 3 rings (SSSR count). The van der Waals surface area contributed by atoms with Gasteiger partial charge in [-0.25, -0.2) is 14.5 Å². The fourth-order valence-electron chi connectivity index (χ4n) is 2.69.